The highest BCUT2D eigenvalue weighted by molar-refractivity contribution is 5.95. The van der Waals surface area contributed by atoms with E-state index in [4.69, 9.17) is 9.15 Å². The lowest BCUT2D eigenvalue weighted by Crippen LogP contribution is -2.32. The first-order chi connectivity index (χ1) is 11.0. The predicted octanol–water partition coefficient (Wildman–Crippen LogP) is 2.85. The zero-order valence-corrected chi connectivity index (χ0v) is 13.6. The van der Waals surface area contributed by atoms with Crippen LogP contribution in [0.4, 0.5) is 0 Å². The third-order valence-electron chi connectivity index (χ3n) is 4.29. The lowest BCUT2D eigenvalue weighted by molar-refractivity contribution is 0.0714. The number of hydrogen-bond acceptors (Lipinski definition) is 4. The maximum Gasteiger partial charge on any atom is 0.258 e. The number of carbonyl (C=O) groups is 1. The number of nitrogens with zero attached hydrogens (tertiary/aromatic N) is 1. The van der Waals surface area contributed by atoms with Crippen LogP contribution in [-0.4, -0.2) is 35.7 Å². The van der Waals surface area contributed by atoms with E-state index in [2.05, 4.69) is 0 Å². The number of aryl methyl sites for hydroxylation is 2. The SMILES string of the molecule is COc1cccc([C@@H]2C[C@H](O)CN2C(=O)c2cc(C)oc2C)c1. The number of benzene rings is 1. The summed E-state index contributed by atoms with van der Waals surface area (Å²) < 4.78 is 10.7. The van der Waals surface area contributed by atoms with Crippen molar-refractivity contribution < 1.29 is 19.1 Å². The van der Waals surface area contributed by atoms with Crippen molar-refractivity contribution in [3.05, 3.63) is 53.0 Å². The molecule has 1 amide bonds. The van der Waals surface area contributed by atoms with Gasteiger partial charge in [-0.1, -0.05) is 12.1 Å². The third-order valence-corrected chi connectivity index (χ3v) is 4.29. The van der Waals surface area contributed by atoms with Crippen LogP contribution in [0.3, 0.4) is 0 Å². The van der Waals surface area contributed by atoms with Gasteiger partial charge >= 0.3 is 0 Å². The number of ether oxygens (including phenoxy) is 1. The lowest BCUT2D eigenvalue weighted by Gasteiger charge is -2.25. The van der Waals surface area contributed by atoms with Crippen LogP contribution in [0.25, 0.3) is 0 Å². The molecule has 1 fully saturated rings. The zero-order chi connectivity index (χ0) is 16.6. The van der Waals surface area contributed by atoms with Gasteiger partial charge in [-0.3, -0.25) is 4.79 Å². The fraction of sp³-hybridized carbons (Fsp3) is 0.389. The molecule has 0 spiro atoms. The van der Waals surface area contributed by atoms with Gasteiger partial charge in [0.25, 0.3) is 5.91 Å². The molecule has 122 valence electrons. The Morgan fingerprint density at radius 1 is 1.35 bits per heavy atom. The monoisotopic (exact) mass is 315 g/mol. The summed E-state index contributed by atoms with van der Waals surface area (Å²) in [5.41, 5.74) is 1.52. The van der Waals surface area contributed by atoms with E-state index in [1.165, 1.54) is 0 Å². The Kier molecular flexibility index (Phi) is 4.13. The third kappa shape index (κ3) is 2.97. The molecule has 0 saturated carbocycles. The smallest absolute Gasteiger partial charge is 0.258 e. The van der Waals surface area contributed by atoms with Gasteiger partial charge in [-0.15, -0.1) is 0 Å². The van der Waals surface area contributed by atoms with Gasteiger partial charge in [-0.05, 0) is 44.0 Å². The summed E-state index contributed by atoms with van der Waals surface area (Å²) >= 11 is 0. The van der Waals surface area contributed by atoms with E-state index in [0.717, 1.165) is 11.3 Å². The number of aliphatic hydroxyl groups excluding tert-OH is 1. The Morgan fingerprint density at radius 2 is 2.13 bits per heavy atom. The van der Waals surface area contributed by atoms with E-state index in [9.17, 15) is 9.90 Å². The number of methoxy groups -OCH3 is 1. The number of rotatable bonds is 3. The van der Waals surface area contributed by atoms with Gasteiger partial charge in [0.05, 0.1) is 24.8 Å². The average Bonchev–Trinajstić information content (AvgIpc) is 3.09. The molecule has 5 nitrogen and oxygen atoms in total. The molecule has 0 aliphatic carbocycles. The minimum Gasteiger partial charge on any atom is -0.497 e. The molecule has 1 aliphatic rings. The molecule has 0 unspecified atom stereocenters. The van der Waals surface area contributed by atoms with E-state index in [1.807, 2.05) is 31.2 Å². The first-order valence-corrected chi connectivity index (χ1v) is 7.69. The molecule has 1 saturated heterocycles. The highest BCUT2D eigenvalue weighted by atomic mass is 16.5. The molecule has 1 aliphatic heterocycles. The second-order valence-corrected chi connectivity index (χ2v) is 5.97. The van der Waals surface area contributed by atoms with Gasteiger partial charge in [-0.2, -0.15) is 0 Å². The van der Waals surface area contributed by atoms with Gasteiger partial charge < -0.3 is 19.2 Å². The largest absolute Gasteiger partial charge is 0.497 e. The van der Waals surface area contributed by atoms with E-state index < -0.39 is 6.10 Å². The molecule has 0 bridgehead atoms. The molecule has 2 aromatic rings. The van der Waals surface area contributed by atoms with Crippen molar-refractivity contribution in [2.75, 3.05) is 13.7 Å². The highest BCUT2D eigenvalue weighted by Crippen LogP contribution is 2.35. The van der Waals surface area contributed by atoms with Crippen molar-refractivity contribution in [1.29, 1.82) is 0 Å². The molecule has 0 radical (unpaired) electrons. The molecule has 5 heteroatoms. The Labute approximate surface area is 135 Å². The van der Waals surface area contributed by atoms with E-state index in [0.29, 0.717) is 30.0 Å². The van der Waals surface area contributed by atoms with Crippen LogP contribution in [0.15, 0.2) is 34.7 Å². The van der Waals surface area contributed by atoms with Crippen LogP contribution in [-0.2, 0) is 0 Å². The lowest BCUT2D eigenvalue weighted by atomic mass is 10.0. The number of hydrogen-bond donors (Lipinski definition) is 1. The number of carbonyl (C=O) groups excluding carboxylic acids is 1. The summed E-state index contributed by atoms with van der Waals surface area (Å²) in [5, 5.41) is 10.1. The Hall–Kier alpha value is -2.27. The van der Waals surface area contributed by atoms with Crippen LogP contribution >= 0.6 is 0 Å². The van der Waals surface area contributed by atoms with E-state index in [-0.39, 0.29) is 11.9 Å². The number of furan rings is 1. The standard InChI is InChI=1S/C18H21NO4/c1-11-7-16(12(2)23-11)18(21)19-10-14(20)9-17(19)13-5-4-6-15(8-13)22-3/h4-8,14,17,20H,9-10H2,1-3H3/t14-,17-/m0/s1. The Bertz CT molecular complexity index is 722. The minimum atomic E-state index is -0.525. The van der Waals surface area contributed by atoms with Gasteiger partial charge in [-0.25, -0.2) is 0 Å². The maximum absolute atomic E-state index is 12.9. The molecule has 3 rings (SSSR count). The first-order valence-electron chi connectivity index (χ1n) is 7.69. The van der Waals surface area contributed by atoms with E-state index in [1.54, 1.807) is 25.0 Å². The highest BCUT2D eigenvalue weighted by Gasteiger charge is 2.36. The normalized spacial score (nSPS) is 20.8. The number of β-amino-alcohol motifs (C(OH)–C–C–N with tert-alkyl or cyclic N) is 1. The fourth-order valence-electron chi connectivity index (χ4n) is 3.20. The molecule has 1 N–H and O–H groups in total. The summed E-state index contributed by atoms with van der Waals surface area (Å²) in [6.45, 7) is 3.93. The first kappa shape index (κ1) is 15.6. The van der Waals surface area contributed by atoms with Crippen molar-refractivity contribution in [2.45, 2.75) is 32.4 Å². The number of amides is 1. The van der Waals surface area contributed by atoms with Gasteiger partial charge in [0.1, 0.15) is 17.3 Å². The van der Waals surface area contributed by atoms with Gasteiger partial charge in [0.2, 0.25) is 0 Å². The van der Waals surface area contributed by atoms with Crippen molar-refractivity contribution in [3.63, 3.8) is 0 Å². The molecule has 2 heterocycles. The molecule has 23 heavy (non-hydrogen) atoms. The minimum absolute atomic E-state index is 0.108. The van der Waals surface area contributed by atoms with Crippen LogP contribution in [0, 0.1) is 13.8 Å². The second kappa shape index (κ2) is 6.08. The van der Waals surface area contributed by atoms with Gasteiger partial charge in [0, 0.05) is 6.54 Å². The fourth-order valence-corrected chi connectivity index (χ4v) is 3.20. The summed E-state index contributed by atoms with van der Waals surface area (Å²) in [4.78, 5) is 14.6. The number of likely N-dealkylation sites (tertiary alicyclic amines) is 1. The van der Waals surface area contributed by atoms with Crippen LogP contribution in [0.5, 0.6) is 5.75 Å². The molecule has 1 aromatic carbocycles. The van der Waals surface area contributed by atoms with Crippen molar-refractivity contribution in [1.82, 2.24) is 4.90 Å². The molecule has 1 aromatic heterocycles. The topological polar surface area (TPSA) is 62.9 Å². The maximum atomic E-state index is 12.9. The molecular formula is C18H21NO4. The zero-order valence-electron chi connectivity index (χ0n) is 13.6. The van der Waals surface area contributed by atoms with Crippen molar-refractivity contribution >= 4 is 5.91 Å². The van der Waals surface area contributed by atoms with Crippen LogP contribution in [0.1, 0.15) is 39.9 Å². The average molecular weight is 315 g/mol. The Morgan fingerprint density at radius 3 is 2.78 bits per heavy atom. The van der Waals surface area contributed by atoms with E-state index >= 15 is 0 Å². The predicted molar refractivity (Wildman–Crippen MR) is 85.6 cm³/mol. The summed E-state index contributed by atoms with van der Waals surface area (Å²) in [5.74, 6) is 1.96. The summed E-state index contributed by atoms with van der Waals surface area (Å²) in [7, 11) is 1.61. The Balaban J connectivity index is 1.93. The van der Waals surface area contributed by atoms with Crippen molar-refractivity contribution in [2.24, 2.45) is 0 Å². The second-order valence-electron chi connectivity index (χ2n) is 5.97. The van der Waals surface area contributed by atoms with Crippen molar-refractivity contribution in [3.8, 4) is 5.75 Å². The summed E-state index contributed by atoms with van der Waals surface area (Å²) in [6.07, 6.45) is -0.00197. The van der Waals surface area contributed by atoms with Crippen LogP contribution in [0.2, 0.25) is 0 Å². The molecule has 2 atom stereocenters. The van der Waals surface area contributed by atoms with Crippen LogP contribution < -0.4 is 4.74 Å². The summed E-state index contributed by atoms with van der Waals surface area (Å²) in [6, 6.07) is 9.22. The quantitative estimate of drug-likeness (QED) is 0.946. The molecular weight excluding hydrogens is 294 g/mol. The number of aliphatic hydroxyl groups is 1. The van der Waals surface area contributed by atoms with Gasteiger partial charge in [0.15, 0.2) is 0 Å².